The van der Waals surface area contributed by atoms with Gasteiger partial charge in [0.15, 0.2) is 0 Å². The van der Waals surface area contributed by atoms with E-state index in [9.17, 15) is 4.79 Å². The summed E-state index contributed by atoms with van der Waals surface area (Å²) in [7, 11) is 0. The maximum atomic E-state index is 11.4. The Morgan fingerprint density at radius 1 is 1.29 bits per heavy atom. The van der Waals surface area contributed by atoms with Crippen molar-refractivity contribution in [2.75, 3.05) is 6.54 Å². The molecule has 0 radical (unpaired) electrons. The van der Waals surface area contributed by atoms with Gasteiger partial charge in [-0.2, -0.15) is 0 Å². The van der Waals surface area contributed by atoms with Crippen LogP contribution in [0.4, 0.5) is 0 Å². The molecule has 0 amide bonds. The predicted octanol–water partition coefficient (Wildman–Crippen LogP) is 0.428. The fourth-order valence-electron chi connectivity index (χ4n) is 1.48. The van der Waals surface area contributed by atoms with Gasteiger partial charge in [0.25, 0.3) is 5.56 Å². The first-order chi connectivity index (χ1) is 8.36. The lowest BCUT2D eigenvalue weighted by atomic mass is 10.4. The number of hydrogen-bond acceptors (Lipinski definition) is 4. The topological polar surface area (TPSA) is 59.8 Å². The number of aromatic nitrogens is 3. The summed E-state index contributed by atoms with van der Waals surface area (Å²) in [4.78, 5) is 19.3. The first-order valence-corrected chi connectivity index (χ1v) is 5.47. The molecule has 2 heterocycles. The summed E-state index contributed by atoms with van der Waals surface area (Å²) < 4.78 is 1.67. The van der Waals surface area contributed by atoms with Crippen LogP contribution in [0.25, 0.3) is 0 Å². The molecule has 0 aromatic carbocycles. The van der Waals surface area contributed by atoms with Crippen molar-refractivity contribution in [2.45, 2.75) is 13.1 Å². The summed E-state index contributed by atoms with van der Waals surface area (Å²) in [5.41, 5.74) is 0.969. The van der Waals surface area contributed by atoms with Gasteiger partial charge < -0.3 is 9.88 Å². The smallest absolute Gasteiger partial charge is 0.250 e. The van der Waals surface area contributed by atoms with Crippen molar-refractivity contribution in [3.63, 3.8) is 0 Å². The number of hydrogen-bond donors (Lipinski definition) is 1. The molecule has 0 bridgehead atoms. The van der Waals surface area contributed by atoms with E-state index in [1.165, 1.54) is 6.33 Å². The summed E-state index contributed by atoms with van der Waals surface area (Å²) in [6, 6.07) is 7.02. The van der Waals surface area contributed by atoms with E-state index >= 15 is 0 Å². The average Bonchev–Trinajstić information content (AvgIpc) is 2.38. The minimum Gasteiger partial charge on any atom is -0.314 e. The summed E-state index contributed by atoms with van der Waals surface area (Å²) in [6.45, 7) is 2.07. The van der Waals surface area contributed by atoms with E-state index in [0.29, 0.717) is 13.1 Å². The fourth-order valence-corrected chi connectivity index (χ4v) is 1.48. The number of pyridine rings is 1. The van der Waals surface area contributed by atoms with Crippen LogP contribution < -0.4 is 10.9 Å². The van der Waals surface area contributed by atoms with Gasteiger partial charge in [-0.1, -0.05) is 6.07 Å². The van der Waals surface area contributed by atoms with Crippen LogP contribution in [0, 0.1) is 0 Å². The Bertz CT molecular complexity index is 509. The molecule has 0 aliphatic heterocycles. The Kier molecular flexibility index (Phi) is 3.99. The van der Waals surface area contributed by atoms with Crippen molar-refractivity contribution in [3.8, 4) is 0 Å². The summed E-state index contributed by atoms with van der Waals surface area (Å²) in [6.07, 6.45) is 5.03. The van der Waals surface area contributed by atoms with Gasteiger partial charge >= 0.3 is 0 Å². The number of nitrogens with zero attached hydrogens (tertiary/aromatic N) is 3. The van der Waals surface area contributed by atoms with Crippen molar-refractivity contribution < 1.29 is 0 Å². The van der Waals surface area contributed by atoms with E-state index in [-0.39, 0.29) is 5.56 Å². The Morgan fingerprint density at radius 3 is 3.00 bits per heavy atom. The molecule has 5 nitrogen and oxygen atoms in total. The molecule has 2 aromatic rings. The molecule has 0 aliphatic carbocycles. The van der Waals surface area contributed by atoms with E-state index in [1.54, 1.807) is 29.1 Å². The second kappa shape index (κ2) is 5.91. The minimum atomic E-state index is 0.0244. The van der Waals surface area contributed by atoms with E-state index in [4.69, 9.17) is 0 Å². The third kappa shape index (κ3) is 3.49. The fraction of sp³-hybridized carbons (Fsp3) is 0.250. The van der Waals surface area contributed by atoms with E-state index in [0.717, 1.165) is 12.2 Å². The first kappa shape index (κ1) is 11.5. The van der Waals surface area contributed by atoms with Gasteiger partial charge in [0.2, 0.25) is 0 Å². The minimum absolute atomic E-state index is 0.0244. The van der Waals surface area contributed by atoms with Gasteiger partial charge in [-0.3, -0.25) is 4.79 Å². The Labute approximate surface area is 99.2 Å². The first-order valence-electron chi connectivity index (χ1n) is 5.47. The predicted molar refractivity (Wildman–Crippen MR) is 64.4 cm³/mol. The van der Waals surface area contributed by atoms with Crippen LogP contribution in [0.1, 0.15) is 5.69 Å². The van der Waals surface area contributed by atoms with Crippen molar-refractivity contribution in [1.29, 1.82) is 0 Å². The second-order valence-electron chi connectivity index (χ2n) is 3.61. The zero-order valence-electron chi connectivity index (χ0n) is 9.41. The molecule has 2 aromatic heterocycles. The lowest BCUT2D eigenvalue weighted by molar-refractivity contribution is 0.580. The molecule has 2 rings (SSSR count). The van der Waals surface area contributed by atoms with Crippen LogP contribution in [0.3, 0.4) is 0 Å². The zero-order chi connectivity index (χ0) is 11.9. The molecule has 0 atom stereocenters. The van der Waals surface area contributed by atoms with Crippen LogP contribution in [-0.2, 0) is 13.1 Å². The Morgan fingerprint density at radius 2 is 2.24 bits per heavy atom. The van der Waals surface area contributed by atoms with Crippen LogP contribution in [0.15, 0.2) is 47.8 Å². The SMILES string of the molecule is O=c1ccccn1CCNCc1ccncn1. The van der Waals surface area contributed by atoms with Gasteiger partial charge in [0, 0.05) is 38.1 Å². The van der Waals surface area contributed by atoms with Gasteiger partial charge in [0.05, 0.1) is 5.69 Å². The van der Waals surface area contributed by atoms with E-state index in [1.807, 2.05) is 12.1 Å². The van der Waals surface area contributed by atoms with Crippen molar-refractivity contribution in [2.24, 2.45) is 0 Å². The molecule has 0 unspecified atom stereocenters. The zero-order valence-corrected chi connectivity index (χ0v) is 9.41. The van der Waals surface area contributed by atoms with E-state index < -0.39 is 0 Å². The standard InChI is InChI=1S/C12H14N4O/c17-12-3-1-2-7-16(12)8-6-13-9-11-4-5-14-10-15-11/h1-5,7,10,13H,6,8-9H2. The third-order valence-corrected chi connectivity index (χ3v) is 2.38. The number of rotatable bonds is 5. The lowest BCUT2D eigenvalue weighted by Gasteiger charge is -2.06. The second-order valence-corrected chi connectivity index (χ2v) is 3.61. The molecular formula is C12H14N4O. The van der Waals surface area contributed by atoms with Crippen molar-refractivity contribution >= 4 is 0 Å². The molecule has 88 valence electrons. The molecular weight excluding hydrogens is 216 g/mol. The maximum absolute atomic E-state index is 11.4. The highest BCUT2D eigenvalue weighted by molar-refractivity contribution is 4.97. The van der Waals surface area contributed by atoms with Crippen LogP contribution in [0.5, 0.6) is 0 Å². The molecule has 0 saturated carbocycles. The normalized spacial score (nSPS) is 10.4. The van der Waals surface area contributed by atoms with Gasteiger partial charge in [0.1, 0.15) is 6.33 Å². The molecule has 17 heavy (non-hydrogen) atoms. The van der Waals surface area contributed by atoms with Gasteiger partial charge in [-0.15, -0.1) is 0 Å². The van der Waals surface area contributed by atoms with Crippen LogP contribution >= 0.6 is 0 Å². The lowest BCUT2D eigenvalue weighted by Crippen LogP contribution is -2.26. The average molecular weight is 230 g/mol. The van der Waals surface area contributed by atoms with Crippen LogP contribution in [-0.4, -0.2) is 21.1 Å². The molecule has 0 spiro atoms. The van der Waals surface area contributed by atoms with Crippen molar-refractivity contribution in [3.05, 3.63) is 59.0 Å². The highest BCUT2D eigenvalue weighted by Crippen LogP contribution is 1.89. The Hall–Kier alpha value is -2.01. The molecule has 5 heteroatoms. The third-order valence-electron chi connectivity index (χ3n) is 2.38. The molecule has 0 aliphatic rings. The quantitative estimate of drug-likeness (QED) is 0.757. The number of nitrogens with one attached hydrogen (secondary N) is 1. The van der Waals surface area contributed by atoms with Crippen LogP contribution in [0.2, 0.25) is 0 Å². The monoisotopic (exact) mass is 230 g/mol. The molecule has 0 fully saturated rings. The van der Waals surface area contributed by atoms with Gasteiger partial charge in [-0.05, 0) is 12.1 Å². The maximum Gasteiger partial charge on any atom is 0.250 e. The Balaban J connectivity index is 1.78. The van der Waals surface area contributed by atoms with Crippen molar-refractivity contribution in [1.82, 2.24) is 19.9 Å². The summed E-state index contributed by atoms with van der Waals surface area (Å²) in [5, 5.41) is 3.23. The summed E-state index contributed by atoms with van der Waals surface area (Å²) >= 11 is 0. The highest BCUT2D eigenvalue weighted by atomic mass is 16.1. The van der Waals surface area contributed by atoms with Gasteiger partial charge in [-0.25, -0.2) is 9.97 Å². The summed E-state index contributed by atoms with van der Waals surface area (Å²) in [5.74, 6) is 0. The largest absolute Gasteiger partial charge is 0.314 e. The highest BCUT2D eigenvalue weighted by Gasteiger charge is 1.95. The molecule has 0 saturated heterocycles. The van der Waals surface area contributed by atoms with E-state index in [2.05, 4.69) is 15.3 Å². The molecule has 1 N–H and O–H groups in total.